The number of carbonyl (C=O) groups excluding carboxylic acids is 1. The predicted octanol–water partition coefficient (Wildman–Crippen LogP) is 3.08. The van der Waals surface area contributed by atoms with E-state index in [0.717, 1.165) is 11.0 Å². The van der Waals surface area contributed by atoms with E-state index in [1.54, 1.807) is 0 Å². The van der Waals surface area contributed by atoms with Gasteiger partial charge in [-0.1, -0.05) is 35.0 Å². The first kappa shape index (κ1) is 15.2. The maximum atomic E-state index is 11.5. The fourth-order valence-electron chi connectivity index (χ4n) is 1.79. The number of hydrogen-bond acceptors (Lipinski definition) is 3. The van der Waals surface area contributed by atoms with Crippen LogP contribution in [0.2, 0.25) is 0 Å². The van der Waals surface area contributed by atoms with Crippen molar-refractivity contribution in [3.63, 3.8) is 0 Å². The van der Waals surface area contributed by atoms with E-state index in [-0.39, 0.29) is 11.9 Å². The number of hydrogen-bond donors (Lipinski definition) is 0. The van der Waals surface area contributed by atoms with Crippen LogP contribution >= 0.6 is 15.9 Å². The molecule has 0 saturated heterocycles. The minimum absolute atomic E-state index is 0.0922. The lowest BCUT2D eigenvalue weighted by Crippen LogP contribution is -2.29. The molecule has 0 radical (unpaired) electrons. The first-order valence-corrected chi connectivity index (χ1v) is 6.91. The van der Waals surface area contributed by atoms with Gasteiger partial charge in [-0.15, -0.1) is 0 Å². The van der Waals surface area contributed by atoms with Crippen molar-refractivity contribution < 1.29 is 9.53 Å². The van der Waals surface area contributed by atoms with Gasteiger partial charge in [0.1, 0.15) is 0 Å². The lowest BCUT2D eigenvalue weighted by molar-refractivity contribution is -0.147. The van der Waals surface area contributed by atoms with Crippen LogP contribution in [0.3, 0.4) is 0 Å². The topological polar surface area (TPSA) is 29.5 Å². The van der Waals surface area contributed by atoms with Gasteiger partial charge in [0.05, 0.1) is 12.5 Å². The van der Waals surface area contributed by atoms with E-state index in [2.05, 4.69) is 33.0 Å². The molecule has 0 bridgehead atoms. The monoisotopic (exact) mass is 313 g/mol. The van der Waals surface area contributed by atoms with Crippen LogP contribution in [0.1, 0.15) is 19.4 Å². The van der Waals surface area contributed by atoms with Gasteiger partial charge < -0.3 is 9.64 Å². The van der Waals surface area contributed by atoms with Crippen molar-refractivity contribution in [2.24, 2.45) is 5.92 Å². The number of rotatable bonds is 6. The summed E-state index contributed by atoms with van der Waals surface area (Å²) in [6.45, 7) is 5.71. The Balaban J connectivity index is 2.43. The molecule has 0 saturated carbocycles. The zero-order valence-corrected chi connectivity index (χ0v) is 12.7. The van der Waals surface area contributed by atoms with Gasteiger partial charge >= 0.3 is 5.97 Å². The highest BCUT2D eigenvalue weighted by Gasteiger charge is 2.16. The fourth-order valence-corrected chi connectivity index (χ4v) is 2.06. The molecule has 0 amide bonds. The Bertz CT molecular complexity index is 378. The summed E-state index contributed by atoms with van der Waals surface area (Å²) in [4.78, 5) is 13.7. The molecule has 0 fully saturated rings. The van der Waals surface area contributed by atoms with Gasteiger partial charge in [-0.05, 0) is 31.7 Å². The zero-order valence-electron chi connectivity index (χ0n) is 11.1. The molecule has 0 heterocycles. The summed E-state index contributed by atoms with van der Waals surface area (Å²) >= 11 is 3.41. The van der Waals surface area contributed by atoms with Crippen LogP contribution in [0, 0.1) is 5.92 Å². The van der Waals surface area contributed by atoms with Crippen molar-refractivity contribution in [3.8, 4) is 0 Å². The molecule has 0 aromatic heterocycles. The Morgan fingerprint density at radius 3 is 2.56 bits per heavy atom. The van der Waals surface area contributed by atoms with Gasteiger partial charge in [-0.25, -0.2) is 0 Å². The number of carbonyl (C=O) groups is 1. The highest BCUT2D eigenvalue weighted by Crippen LogP contribution is 2.12. The molecular formula is C14H20BrNO2. The quantitative estimate of drug-likeness (QED) is 0.756. The van der Waals surface area contributed by atoms with Gasteiger partial charge in [-0.3, -0.25) is 4.79 Å². The van der Waals surface area contributed by atoms with Gasteiger partial charge in [0.25, 0.3) is 0 Å². The van der Waals surface area contributed by atoms with E-state index < -0.39 is 0 Å². The molecule has 1 atom stereocenters. The van der Waals surface area contributed by atoms with E-state index in [1.807, 2.05) is 33.0 Å². The van der Waals surface area contributed by atoms with Crippen LogP contribution in [-0.4, -0.2) is 31.1 Å². The van der Waals surface area contributed by atoms with E-state index >= 15 is 0 Å². The molecule has 1 aromatic carbocycles. The summed E-state index contributed by atoms with van der Waals surface area (Å²) in [5.74, 6) is -0.217. The Kier molecular flexibility index (Phi) is 6.36. The minimum Gasteiger partial charge on any atom is -0.466 e. The standard InChI is InChI=1S/C14H20BrNO2/c1-4-18-14(17)11(2)9-16(3)10-12-5-7-13(15)8-6-12/h5-8,11H,4,9-10H2,1-3H3. The largest absolute Gasteiger partial charge is 0.466 e. The van der Waals surface area contributed by atoms with E-state index in [4.69, 9.17) is 4.74 Å². The summed E-state index contributed by atoms with van der Waals surface area (Å²) < 4.78 is 6.08. The average molecular weight is 314 g/mol. The molecule has 18 heavy (non-hydrogen) atoms. The van der Waals surface area contributed by atoms with Crippen molar-refractivity contribution in [2.45, 2.75) is 20.4 Å². The second kappa shape index (κ2) is 7.54. The van der Waals surface area contributed by atoms with Gasteiger partial charge in [-0.2, -0.15) is 0 Å². The Morgan fingerprint density at radius 2 is 2.00 bits per heavy atom. The molecule has 0 aliphatic heterocycles. The number of halogens is 1. The fraction of sp³-hybridized carbons (Fsp3) is 0.500. The molecular weight excluding hydrogens is 294 g/mol. The first-order chi connectivity index (χ1) is 8.52. The van der Waals surface area contributed by atoms with Crippen molar-refractivity contribution in [1.82, 2.24) is 4.90 Å². The molecule has 4 heteroatoms. The molecule has 0 aliphatic carbocycles. The van der Waals surface area contributed by atoms with Gasteiger partial charge in [0.15, 0.2) is 0 Å². The molecule has 0 aliphatic rings. The average Bonchev–Trinajstić information content (AvgIpc) is 2.32. The van der Waals surface area contributed by atoms with Crippen LogP contribution in [-0.2, 0) is 16.1 Å². The molecule has 0 N–H and O–H groups in total. The van der Waals surface area contributed by atoms with Gasteiger partial charge in [0.2, 0.25) is 0 Å². The predicted molar refractivity (Wildman–Crippen MR) is 76.3 cm³/mol. The third-order valence-electron chi connectivity index (χ3n) is 2.64. The maximum Gasteiger partial charge on any atom is 0.309 e. The SMILES string of the molecule is CCOC(=O)C(C)CN(C)Cc1ccc(Br)cc1. The lowest BCUT2D eigenvalue weighted by atomic mass is 10.1. The normalized spacial score (nSPS) is 12.5. The van der Waals surface area contributed by atoms with E-state index in [9.17, 15) is 4.79 Å². The maximum absolute atomic E-state index is 11.5. The van der Waals surface area contributed by atoms with Crippen LogP contribution < -0.4 is 0 Å². The third-order valence-corrected chi connectivity index (χ3v) is 3.17. The van der Waals surface area contributed by atoms with Crippen LogP contribution in [0.15, 0.2) is 28.7 Å². The third kappa shape index (κ3) is 5.19. The van der Waals surface area contributed by atoms with Crippen molar-refractivity contribution >= 4 is 21.9 Å². The highest BCUT2D eigenvalue weighted by atomic mass is 79.9. The van der Waals surface area contributed by atoms with Crippen LogP contribution in [0.25, 0.3) is 0 Å². The number of nitrogens with zero attached hydrogens (tertiary/aromatic N) is 1. The van der Waals surface area contributed by atoms with Gasteiger partial charge in [0, 0.05) is 17.6 Å². The van der Waals surface area contributed by atoms with Crippen LogP contribution in [0.4, 0.5) is 0 Å². The van der Waals surface area contributed by atoms with E-state index in [0.29, 0.717) is 13.2 Å². The molecule has 3 nitrogen and oxygen atoms in total. The first-order valence-electron chi connectivity index (χ1n) is 6.12. The molecule has 0 spiro atoms. The minimum atomic E-state index is -0.125. The van der Waals surface area contributed by atoms with Crippen molar-refractivity contribution in [1.29, 1.82) is 0 Å². The summed E-state index contributed by atoms with van der Waals surface area (Å²) in [6, 6.07) is 8.21. The number of ether oxygens (including phenoxy) is 1. The summed E-state index contributed by atoms with van der Waals surface area (Å²) in [5.41, 5.74) is 1.23. The Morgan fingerprint density at radius 1 is 1.39 bits per heavy atom. The molecule has 1 unspecified atom stereocenters. The van der Waals surface area contributed by atoms with Crippen LogP contribution in [0.5, 0.6) is 0 Å². The second-order valence-corrected chi connectivity index (χ2v) is 5.39. The number of esters is 1. The summed E-state index contributed by atoms with van der Waals surface area (Å²) in [5, 5.41) is 0. The Labute approximate surface area is 117 Å². The Hall–Kier alpha value is -0.870. The highest BCUT2D eigenvalue weighted by molar-refractivity contribution is 9.10. The van der Waals surface area contributed by atoms with E-state index in [1.165, 1.54) is 5.56 Å². The smallest absolute Gasteiger partial charge is 0.309 e. The summed E-state index contributed by atoms with van der Waals surface area (Å²) in [6.07, 6.45) is 0. The molecule has 100 valence electrons. The zero-order chi connectivity index (χ0) is 13.5. The lowest BCUT2D eigenvalue weighted by Gasteiger charge is -2.20. The second-order valence-electron chi connectivity index (χ2n) is 4.48. The molecule has 1 rings (SSSR count). The number of benzene rings is 1. The summed E-state index contributed by atoms with van der Waals surface area (Å²) in [7, 11) is 2.01. The molecule has 1 aromatic rings. The van der Waals surface area contributed by atoms with Crippen molar-refractivity contribution in [2.75, 3.05) is 20.2 Å². The van der Waals surface area contributed by atoms with Crippen molar-refractivity contribution in [3.05, 3.63) is 34.3 Å².